The summed E-state index contributed by atoms with van der Waals surface area (Å²) in [6.45, 7) is 2.33. The van der Waals surface area contributed by atoms with Crippen molar-refractivity contribution in [3.8, 4) is 11.5 Å². The number of halogens is 1. The maximum absolute atomic E-state index is 12.9. The van der Waals surface area contributed by atoms with Gasteiger partial charge in [-0.15, -0.1) is 0 Å². The lowest BCUT2D eigenvalue weighted by Crippen LogP contribution is -2.28. The summed E-state index contributed by atoms with van der Waals surface area (Å²) in [5, 5.41) is 5.61. The van der Waals surface area contributed by atoms with Crippen molar-refractivity contribution in [3.63, 3.8) is 0 Å². The molecule has 5 heteroatoms. The van der Waals surface area contributed by atoms with E-state index in [-0.39, 0.29) is 11.8 Å². The Kier molecular flexibility index (Phi) is 5.49. The Morgan fingerprint density at radius 3 is 2.50 bits per heavy atom. The summed E-state index contributed by atoms with van der Waals surface area (Å²) in [5.41, 5.74) is 2.72. The lowest BCUT2D eigenvalue weighted by atomic mass is 10.2. The zero-order valence-corrected chi connectivity index (χ0v) is 14.3. The second-order valence-electron chi connectivity index (χ2n) is 5.88. The van der Waals surface area contributed by atoms with Crippen LogP contribution < -0.4 is 15.4 Å². The molecule has 0 heterocycles. The molecule has 3 aromatic carbocycles. The van der Waals surface area contributed by atoms with Crippen LogP contribution in [0.1, 0.15) is 11.1 Å². The van der Waals surface area contributed by atoms with E-state index in [0.717, 1.165) is 16.8 Å². The Hall–Kier alpha value is -3.34. The van der Waals surface area contributed by atoms with Crippen molar-refractivity contribution in [2.45, 2.75) is 13.5 Å². The van der Waals surface area contributed by atoms with Gasteiger partial charge in [-0.05, 0) is 66.6 Å². The van der Waals surface area contributed by atoms with Crippen LogP contribution in [-0.2, 0) is 6.54 Å². The first-order valence-corrected chi connectivity index (χ1v) is 8.22. The fourth-order valence-corrected chi connectivity index (χ4v) is 2.44. The standard InChI is InChI=1S/C21H19FN2O2/c1-15-4-2-6-18(12-15)24-21(25)23-14-16-5-3-7-20(13-16)26-19-10-8-17(22)9-11-19/h2-13H,14H2,1H3,(H2,23,24,25). The van der Waals surface area contributed by atoms with Gasteiger partial charge in [0.2, 0.25) is 0 Å². The van der Waals surface area contributed by atoms with Crippen molar-refractivity contribution in [1.82, 2.24) is 5.32 Å². The molecule has 0 radical (unpaired) electrons. The molecule has 4 nitrogen and oxygen atoms in total. The van der Waals surface area contributed by atoms with E-state index in [1.54, 1.807) is 18.2 Å². The molecule has 0 aliphatic rings. The van der Waals surface area contributed by atoms with Crippen LogP contribution in [0.15, 0.2) is 72.8 Å². The lowest BCUT2D eigenvalue weighted by Gasteiger charge is -2.10. The van der Waals surface area contributed by atoms with E-state index in [4.69, 9.17) is 4.74 Å². The highest BCUT2D eigenvalue weighted by atomic mass is 19.1. The van der Waals surface area contributed by atoms with Crippen LogP contribution >= 0.6 is 0 Å². The van der Waals surface area contributed by atoms with Crippen molar-refractivity contribution in [1.29, 1.82) is 0 Å². The van der Waals surface area contributed by atoms with Gasteiger partial charge in [-0.2, -0.15) is 0 Å². The molecule has 132 valence electrons. The Morgan fingerprint density at radius 1 is 0.962 bits per heavy atom. The highest BCUT2D eigenvalue weighted by Gasteiger charge is 2.04. The fourth-order valence-electron chi connectivity index (χ4n) is 2.44. The molecule has 0 aromatic heterocycles. The molecular weight excluding hydrogens is 331 g/mol. The minimum absolute atomic E-state index is 0.277. The summed E-state index contributed by atoms with van der Waals surface area (Å²) in [7, 11) is 0. The number of ether oxygens (including phenoxy) is 1. The maximum Gasteiger partial charge on any atom is 0.319 e. The number of carbonyl (C=O) groups is 1. The summed E-state index contributed by atoms with van der Waals surface area (Å²) >= 11 is 0. The number of anilines is 1. The molecule has 0 saturated heterocycles. The molecule has 26 heavy (non-hydrogen) atoms. The van der Waals surface area contributed by atoms with Crippen molar-refractivity contribution in [3.05, 3.63) is 89.7 Å². The van der Waals surface area contributed by atoms with Gasteiger partial charge in [0.1, 0.15) is 17.3 Å². The molecule has 2 amide bonds. The van der Waals surface area contributed by atoms with Gasteiger partial charge in [0, 0.05) is 12.2 Å². The highest BCUT2D eigenvalue weighted by molar-refractivity contribution is 5.89. The normalized spacial score (nSPS) is 10.2. The van der Waals surface area contributed by atoms with E-state index in [2.05, 4.69) is 10.6 Å². The van der Waals surface area contributed by atoms with Crippen LogP contribution in [0.5, 0.6) is 11.5 Å². The number of hydrogen-bond donors (Lipinski definition) is 2. The summed E-state index contributed by atoms with van der Waals surface area (Å²) in [4.78, 5) is 12.0. The molecule has 0 atom stereocenters. The number of urea groups is 1. The van der Waals surface area contributed by atoms with Gasteiger partial charge in [0.25, 0.3) is 0 Å². The number of nitrogens with one attached hydrogen (secondary N) is 2. The minimum atomic E-state index is -0.310. The second-order valence-corrected chi connectivity index (χ2v) is 5.88. The van der Waals surface area contributed by atoms with Crippen molar-refractivity contribution >= 4 is 11.7 Å². The average Bonchev–Trinajstić information content (AvgIpc) is 2.62. The third-order valence-corrected chi connectivity index (χ3v) is 3.68. The van der Waals surface area contributed by atoms with Gasteiger partial charge < -0.3 is 15.4 Å². The minimum Gasteiger partial charge on any atom is -0.457 e. The summed E-state index contributed by atoms with van der Waals surface area (Å²) in [5.74, 6) is 0.860. The van der Waals surface area contributed by atoms with Crippen molar-refractivity contribution in [2.75, 3.05) is 5.32 Å². The number of aryl methyl sites for hydroxylation is 1. The first-order chi connectivity index (χ1) is 12.6. The molecule has 3 aromatic rings. The Balaban J connectivity index is 1.56. The number of rotatable bonds is 5. The molecular formula is C21H19FN2O2. The van der Waals surface area contributed by atoms with Crippen LogP contribution in [-0.4, -0.2) is 6.03 Å². The van der Waals surface area contributed by atoms with Gasteiger partial charge in [-0.25, -0.2) is 9.18 Å². The number of amides is 2. The monoisotopic (exact) mass is 350 g/mol. The molecule has 0 aliphatic heterocycles. The lowest BCUT2D eigenvalue weighted by molar-refractivity contribution is 0.251. The number of carbonyl (C=O) groups excluding carboxylic acids is 1. The maximum atomic E-state index is 12.9. The van der Waals surface area contributed by atoms with Crippen molar-refractivity contribution < 1.29 is 13.9 Å². The van der Waals surface area contributed by atoms with E-state index in [0.29, 0.717) is 18.0 Å². The zero-order chi connectivity index (χ0) is 18.4. The summed E-state index contributed by atoms with van der Waals surface area (Å²) in [6.07, 6.45) is 0. The summed E-state index contributed by atoms with van der Waals surface area (Å²) in [6, 6.07) is 20.5. The molecule has 0 fully saturated rings. The van der Waals surface area contributed by atoms with E-state index in [1.807, 2.05) is 49.4 Å². The molecule has 2 N–H and O–H groups in total. The van der Waals surface area contributed by atoms with Gasteiger partial charge in [0.15, 0.2) is 0 Å². The fraction of sp³-hybridized carbons (Fsp3) is 0.0952. The Morgan fingerprint density at radius 2 is 1.73 bits per heavy atom. The largest absolute Gasteiger partial charge is 0.457 e. The molecule has 3 rings (SSSR count). The van der Waals surface area contributed by atoms with Crippen LogP contribution in [0.2, 0.25) is 0 Å². The first-order valence-electron chi connectivity index (χ1n) is 8.22. The van der Waals surface area contributed by atoms with E-state index < -0.39 is 0 Å². The van der Waals surface area contributed by atoms with E-state index >= 15 is 0 Å². The molecule has 0 aliphatic carbocycles. The van der Waals surface area contributed by atoms with E-state index in [9.17, 15) is 9.18 Å². The zero-order valence-electron chi connectivity index (χ0n) is 14.3. The molecule has 0 unspecified atom stereocenters. The third-order valence-electron chi connectivity index (χ3n) is 3.68. The number of benzene rings is 3. The van der Waals surface area contributed by atoms with Gasteiger partial charge in [-0.3, -0.25) is 0 Å². The SMILES string of the molecule is Cc1cccc(NC(=O)NCc2cccc(Oc3ccc(F)cc3)c2)c1. The smallest absolute Gasteiger partial charge is 0.319 e. The van der Waals surface area contributed by atoms with E-state index in [1.165, 1.54) is 12.1 Å². The second kappa shape index (κ2) is 8.16. The molecule has 0 bridgehead atoms. The Labute approximate surface area is 151 Å². The number of hydrogen-bond acceptors (Lipinski definition) is 2. The highest BCUT2D eigenvalue weighted by Crippen LogP contribution is 2.22. The quantitative estimate of drug-likeness (QED) is 0.660. The third kappa shape index (κ3) is 5.08. The van der Waals surface area contributed by atoms with Crippen LogP contribution in [0.3, 0.4) is 0 Å². The van der Waals surface area contributed by atoms with Crippen LogP contribution in [0, 0.1) is 12.7 Å². The summed E-state index contributed by atoms with van der Waals surface area (Å²) < 4.78 is 18.6. The first kappa shape index (κ1) is 17.5. The van der Waals surface area contributed by atoms with Crippen LogP contribution in [0.4, 0.5) is 14.9 Å². The predicted octanol–water partition coefficient (Wildman–Crippen LogP) is 5.25. The Bertz CT molecular complexity index is 895. The average molecular weight is 350 g/mol. The van der Waals surface area contributed by atoms with Gasteiger partial charge >= 0.3 is 6.03 Å². The molecule has 0 saturated carbocycles. The predicted molar refractivity (Wildman–Crippen MR) is 100.0 cm³/mol. The topological polar surface area (TPSA) is 50.4 Å². The van der Waals surface area contributed by atoms with Gasteiger partial charge in [0.05, 0.1) is 0 Å². The van der Waals surface area contributed by atoms with Crippen molar-refractivity contribution in [2.24, 2.45) is 0 Å². The van der Waals surface area contributed by atoms with Crippen LogP contribution in [0.25, 0.3) is 0 Å². The molecule has 0 spiro atoms. The van der Waals surface area contributed by atoms with Gasteiger partial charge in [-0.1, -0.05) is 24.3 Å².